The Labute approximate surface area is 115 Å². The molecule has 0 spiro atoms. The number of aliphatic carboxylic acids is 1. The Morgan fingerprint density at radius 3 is 2.75 bits per heavy atom. The standard InChI is InChI=1S/C13H12N2O4S/c16-13(17)8-5-6-9(7-8)14-12-10-3-1-2-4-11(10)20(18,19)15-12/h1-6,8-9H,7H2,(H,14,15)(H,16,17). The first-order valence-corrected chi connectivity index (χ1v) is 7.57. The van der Waals surface area contributed by atoms with Crippen LogP contribution < -0.4 is 4.72 Å². The summed E-state index contributed by atoms with van der Waals surface area (Å²) in [5.74, 6) is -1.17. The fourth-order valence-electron chi connectivity index (χ4n) is 2.35. The molecule has 1 aliphatic carbocycles. The molecule has 2 N–H and O–H groups in total. The summed E-state index contributed by atoms with van der Waals surface area (Å²) in [6.45, 7) is 0. The monoisotopic (exact) mass is 292 g/mol. The largest absolute Gasteiger partial charge is 0.481 e. The van der Waals surface area contributed by atoms with Gasteiger partial charge in [-0.2, -0.15) is 0 Å². The fraction of sp³-hybridized carbons (Fsp3) is 0.231. The van der Waals surface area contributed by atoms with Crippen molar-refractivity contribution < 1.29 is 18.3 Å². The Hall–Kier alpha value is -2.15. The smallest absolute Gasteiger partial charge is 0.310 e. The third-order valence-corrected chi connectivity index (χ3v) is 4.73. The van der Waals surface area contributed by atoms with Crippen molar-refractivity contribution in [2.24, 2.45) is 10.9 Å². The van der Waals surface area contributed by atoms with E-state index in [1.54, 1.807) is 30.4 Å². The quantitative estimate of drug-likeness (QED) is 0.786. The maximum absolute atomic E-state index is 11.9. The highest BCUT2D eigenvalue weighted by molar-refractivity contribution is 7.90. The Morgan fingerprint density at radius 1 is 1.30 bits per heavy atom. The second-order valence-corrected chi connectivity index (χ2v) is 6.36. The van der Waals surface area contributed by atoms with Gasteiger partial charge in [0.15, 0.2) is 0 Å². The summed E-state index contributed by atoms with van der Waals surface area (Å²) in [7, 11) is -3.55. The molecular formula is C13H12N2O4S. The number of nitrogens with one attached hydrogen (secondary N) is 1. The van der Waals surface area contributed by atoms with E-state index in [4.69, 9.17) is 5.11 Å². The van der Waals surface area contributed by atoms with Gasteiger partial charge in [0.2, 0.25) is 0 Å². The van der Waals surface area contributed by atoms with Crippen LogP contribution in [-0.4, -0.2) is 31.4 Å². The molecule has 0 bridgehead atoms. The van der Waals surface area contributed by atoms with Gasteiger partial charge in [-0.3, -0.25) is 14.5 Å². The Balaban J connectivity index is 1.92. The van der Waals surface area contributed by atoms with Gasteiger partial charge in [0.05, 0.1) is 16.9 Å². The second-order valence-electron chi connectivity index (χ2n) is 4.71. The first kappa shape index (κ1) is 12.9. The number of rotatable bonds is 2. The summed E-state index contributed by atoms with van der Waals surface area (Å²) in [6.07, 6.45) is 3.64. The van der Waals surface area contributed by atoms with E-state index in [2.05, 4.69) is 9.71 Å². The predicted octanol–water partition coefficient (Wildman–Crippen LogP) is 0.754. The van der Waals surface area contributed by atoms with Crippen molar-refractivity contribution in [2.45, 2.75) is 17.4 Å². The summed E-state index contributed by atoms with van der Waals surface area (Å²) in [4.78, 5) is 15.4. The van der Waals surface area contributed by atoms with Crippen LogP contribution in [0.2, 0.25) is 0 Å². The van der Waals surface area contributed by atoms with Gasteiger partial charge in [0.25, 0.3) is 10.0 Å². The van der Waals surface area contributed by atoms with Crippen molar-refractivity contribution >= 4 is 21.8 Å². The lowest BCUT2D eigenvalue weighted by molar-refractivity contribution is -0.140. The van der Waals surface area contributed by atoms with Crippen LogP contribution in [-0.2, 0) is 14.8 Å². The number of benzene rings is 1. The number of aliphatic imine (C=N–C) groups is 1. The number of amidine groups is 1. The minimum Gasteiger partial charge on any atom is -0.481 e. The summed E-state index contributed by atoms with van der Waals surface area (Å²) < 4.78 is 26.2. The maximum Gasteiger partial charge on any atom is 0.310 e. The first-order chi connectivity index (χ1) is 9.47. The Morgan fingerprint density at radius 2 is 2.05 bits per heavy atom. The molecule has 0 radical (unpaired) electrons. The van der Waals surface area contributed by atoms with Gasteiger partial charge in [0, 0.05) is 5.56 Å². The van der Waals surface area contributed by atoms with E-state index in [9.17, 15) is 13.2 Å². The van der Waals surface area contributed by atoms with Gasteiger partial charge < -0.3 is 5.11 Å². The number of sulfonamides is 1. The summed E-state index contributed by atoms with van der Waals surface area (Å²) in [5, 5.41) is 8.92. The number of hydrogen-bond donors (Lipinski definition) is 2. The number of carboxylic acid groups (broad SMARTS) is 1. The van der Waals surface area contributed by atoms with Crippen molar-refractivity contribution in [3.05, 3.63) is 42.0 Å². The van der Waals surface area contributed by atoms with Crippen LogP contribution in [0.1, 0.15) is 12.0 Å². The van der Waals surface area contributed by atoms with Gasteiger partial charge in [-0.25, -0.2) is 8.42 Å². The lowest BCUT2D eigenvalue weighted by Gasteiger charge is -2.06. The molecule has 1 heterocycles. The molecule has 0 amide bonds. The third kappa shape index (κ3) is 2.09. The molecule has 0 aromatic heterocycles. The second kappa shape index (κ2) is 4.45. The van der Waals surface area contributed by atoms with E-state index >= 15 is 0 Å². The van der Waals surface area contributed by atoms with Crippen molar-refractivity contribution in [1.29, 1.82) is 0 Å². The minimum absolute atomic E-state index is 0.204. The van der Waals surface area contributed by atoms with Crippen molar-refractivity contribution in [1.82, 2.24) is 4.72 Å². The normalized spacial score (nSPS) is 28.3. The number of hydrogen-bond acceptors (Lipinski definition) is 4. The van der Waals surface area contributed by atoms with Crippen molar-refractivity contribution in [3.8, 4) is 0 Å². The molecule has 2 atom stereocenters. The van der Waals surface area contributed by atoms with Crippen LogP contribution in [0.4, 0.5) is 0 Å². The fourth-order valence-corrected chi connectivity index (χ4v) is 3.59. The predicted molar refractivity (Wildman–Crippen MR) is 72.0 cm³/mol. The minimum atomic E-state index is -3.55. The van der Waals surface area contributed by atoms with Gasteiger partial charge in [0.1, 0.15) is 5.84 Å². The number of carbonyl (C=O) groups is 1. The zero-order chi connectivity index (χ0) is 14.3. The van der Waals surface area contributed by atoms with Gasteiger partial charge in [-0.05, 0) is 18.6 Å². The molecule has 0 saturated carbocycles. The molecule has 0 fully saturated rings. The summed E-state index contributed by atoms with van der Waals surface area (Å²) in [6, 6.07) is 6.27. The van der Waals surface area contributed by atoms with Crippen LogP contribution in [0.3, 0.4) is 0 Å². The van der Waals surface area contributed by atoms with Crippen LogP contribution in [0, 0.1) is 5.92 Å². The average Bonchev–Trinajstić information content (AvgIpc) is 2.95. The highest BCUT2D eigenvalue weighted by Crippen LogP contribution is 2.25. The molecule has 1 aromatic rings. The van der Waals surface area contributed by atoms with E-state index in [0.29, 0.717) is 12.0 Å². The van der Waals surface area contributed by atoms with Crippen LogP contribution in [0.5, 0.6) is 0 Å². The molecule has 20 heavy (non-hydrogen) atoms. The molecular weight excluding hydrogens is 280 g/mol. The summed E-state index contributed by atoms with van der Waals surface area (Å²) in [5.41, 5.74) is 0.527. The molecule has 0 saturated heterocycles. The van der Waals surface area contributed by atoms with Crippen LogP contribution >= 0.6 is 0 Å². The Bertz CT molecular complexity index is 736. The van der Waals surface area contributed by atoms with Crippen LogP contribution in [0.15, 0.2) is 46.3 Å². The number of fused-ring (bicyclic) bond motifs is 1. The third-order valence-electron chi connectivity index (χ3n) is 3.34. The van der Waals surface area contributed by atoms with Crippen molar-refractivity contribution in [3.63, 3.8) is 0 Å². The van der Waals surface area contributed by atoms with E-state index in [1.807, 2.05) is 0 Å². The van der Waals surface area contributed by atoms with E-state index in [-0.39, 0.29) is 16.8 Å². The molecule has 104 valence electrons. The topological polar surface area (TPSA) is 95.8 Å². The lowest BCUT2D eigenvalue weighted by atomic mass is 10.1. The highest BCUT2D eigenvalue weighted by Gasteiger charge is 2.32. The molecule has 2 aliphatic rings. The van der Waals surface area contributed by atoms with E-state index in [0.717, 1.165) is 0 Å². The molecule has 1 aliphatic heterocycles. The maximum atomic E-state index is 11.9. The average molecular weight is 292 g/mol. The molecule has 7 heteroatoms. The highest BCUT2D eigenvalue weighted by atomic mass is 32.2. The zero-order valence-electron chi connectivity index (χ0n) is 10.4. The lowest BCUT2D eigenvalue weighted by Crippen LogP contribution is -2.24. The summed E-state index contributed by atoms with van der Waals surface area (Å²) >= 11 is 0. The van der Waals surface area contributed by atoms with Crippen molar-refractivity contribution in [2.75, 3.05) is 0 Å². The molecule has 1 aromatic carbocycles. The van der Waals surface area contributed by atoms with E-state index in [1.165, 1.54) is 6.07 Å². The number of nitrogens with zero attached hydrogens (tertiary/aromatic N) is 1. The molecule has 2 unspecified atom stereocenters. The van der Waals surface area contributed by atoms with Gasteiger partial charge in [-0.15, -0.1) is 0 Å². The van der Waals surface area contributed by atoms with Crippen LogP contribution in [0.25, 0.3) is 0 Å². The van der Waals surface area contributed by atoms with E-state index < -0.39 is 21.9 Å². The first-order valence-electron chi connectivity index (χ1n) is 6.08. The number of carboxylic acids is 1. The molecule has 3 rings (SSSR count). The SMILES string of the molecule is O=C(O)C1C=CC(N=C2NS(=O)(=O)c3ccccc32)C1. The van der Waals surface area contributed by atoms with Gasteiger partial charge >= 0.3 is 5.97 Å². The Kier molecular flexibility index (Phi) is 2.86. The zero-order valence-corrected chi connectivity index (χ0v) is 11.2. The molecule has 6 nitrogen and oxygen atoms in total. The van der Waals surface area contributed by atoms with Gasteiger partial charge in [-0.1, -0.05) is 24.3 Å².